The molecule has 0 bridgehead atoms. The Morgan fingerprint density at radius 1 is 1.21 bits per heavy atom. The molecule has 102 valence electrons. The van der Waals surface area contributed by atoms with Crippen LogP contribution in [0.4, 0.5) is 11.8 Å². The van der Waals surface area contributed by atoms with Gasteiger partial charge in [0.15, 0.2) is 5.82 Å². The lowest BCUT2D eigenvalue weighted by Crippen LogP contribution is -2.20. The van der Waals surface area contributed by atoms with Crippen molar-refractivity contribution in [1.82, 2.24) is 14.6 Å². The van der Waals surface area contributed by atoms with Gasteiger partial charge in [-0.3, -0.25) is 10.1 Å². The Kier molecular flexibility index (Phi) is 3.95. The van der Waals surface area contributed by atoms with E-state index in [1.807, 2.05) is 24.5 Å². The predicted octanol–water partition coefficient (Wildman–Crippen LogP) is 3.26. The number of halogens is 1. The van der Waals surface area contributed by atoms with E-state index in [1.165, 1.54) is 0 Å². The van der Waals surface area contributed by atoms with Gasteiger partial charge in [-0.1, -0.05) is 32.4 Å². The topological polar surface area (TPSA) is 54.8 Å². The molecule has 5 nitrogen and oxygen atoms in total. The quantitative estimate of drug-likeness (QED) is 0.844. The fraction of sp³-hybridized carbons (Fsp3) is 0.385. The van der Waals surface area contributed by atoms with E-state index in [0.717, 1.165) is 6.54 Å². The smallest absolute Gasteiger partial charge is 0.226 e. The summed E-state index contributed by atoms with van der Waals surface area (Å²) in [6.07, 6.45) is 3.77. The van der Waals surface area contributed by atoms with Crippen molar-refractivity contribution in [2.24, 2.45) is 5.41 Å². The van der Waals surface area contributed by atoms with Crippen LogP contribution in [0.5, 0.6) is 0 Å². The molecule has 0 aliphatic rings. The van der Waals surface area contributed by atoms with E-state index in [4.69, 9.17) is 11.6 Å². The average Bonchev–Trinajstić information content (AvgIpc) is 2.77. The van der Waals surface area contributed by atoms with Crippen LogP contribution in [0.1, 0.15) is 20.8 Å². The molecule has 0 aliphatic heterocycles. The number of hydrogen-bond acceptors (Lipinski definition) is 4. The summed E-state index contributed by atoms with van der Waals surface area (Å²) in [5.41, 5.74) is 3.26. The molecular formula is C13H18ClN5. The number of hydrogen-bond donors (Lipinski definition) is 2. The molecular weight excluding hydrogens is 262 g/mol. The first-order chi connectivity index (χ1) is 8.92. The van der Waals surface area contributed by atoms with E-state index in [1.54, 1.807) is 10.7 Å². The standard InChI is InChI=1S/C13H18ClN5/c1-13(2,3)9-15-12-16-10(14)8-11(17-12)18-19-6-4-5-7-19/h4-8H,9H2,1-3H3,(H2,15,16,17,18). The van der Waals surface area contributed by atoms with Crippen LogP contribution in [0.15, 0.2) is 30.6 Å². The lowest BCUT2D eigenvalue weighted by molar-refractivity contribution is 0.442. The first-order valence-corrected chi connectivity index (χ1v) is 6.49. The normalized spacial score (nSPS) is 11.4. The minimum absolute atomic E-state index is 0.152. The van der Waals surface area contributed by atoms with Crippen LogP contribution < -0.4 is 10.7 Å². The minimum atomic E-state index is 0.152. The highest BCUT2D eigenvalue weighted by molar-refractivity contribution is 6.29. The average molecular weight is 280 g/mol. The van der Waals surface area contributed by atoms with Gasteiger partial charge in [0.2, 0.25) is 5.95 Å². The third kappa shape index (κ3) is 4.44. The second-order valence-electron chi connectivity index (χ2n) is 5.52. The fourth-order valence-corrected chi connectivity index (χ4v) is 1.62. The van der Waals surface area contributed by atoms with E-state index in [0.29, 0.717) is 16.9 Å². The third-order valence-electron chi connectivity index (χ3n) is 2.32. The van der Waals surface area contributed by atoms with Crippen molar-refractivity contribution in [3.8, 4) is 0 Å². The summed E-state index contributed by atoms with van der Waals surface area (Å²) in [4.78, 5) is 8.53. The highest BCUT2D eigenvalue weighted by atomic mass is 35.5. The van der Waals surface area contributed by atoms with Crippen LogP contribution >= 0.6 is 11.6 Å². The van der Waals surface area contributed by atoms with E-state index < -0.39 is 0 Å². The fourth-order valence-electron chi connectivity index (χ4n) is 1.44. The summed E-state index contributed by atoms with van der Waals surface area (Å²) in [6.45, 7) is 7.20. The van der Waals surface area contributed by atoms with Gasteiger partial charge in [0.1, 0.15) is 5.15 Å². The molecule has 0 saturated carbocycles. The Balaban J connectivity index is 2.10. The van der Waals surface area contributed by atoms with E-state index in [-0.39, 0.29) is 5.41 Å². The summed E-state index contributed by atoms with van der Waals surface area (Å²) in [7, 11) is 0. The molecule has 0 aromatic carbocycles. The zero-order valence-corrected chi connectivity index (χ0v) is 12.1. The van der Waals surface area contributed by atoms with E-state index in [2.05, 4.69) is 41.5 Å². The molecule has 2 N–H and O–H groups in total. The zero-order chi connectivity index (χ0) is 13.9. The van der Waals surface area contributed by atoms with Crippen LogP contribution in [-0.4, -0.2) is 21.2 Å². The van der Waals surface area contributed by atoms with Crippen molar-refractivity contribution in [1.29, 1.82) is 0 Å². The zero-order valence-electron chi connectivity index (χ0n) is 11.3. The van der Waals surface area contributed by atoms with Gasteiger partial charge in [-0.15, -0.1) is 0 Å². The van der Waals surface area contributed by atoms with Crippen molar-refractivity contribution in [2.75, 3.05) is 17.3 Å². The monoisotopic (exact) mass is 279 g/mol. The van der Waals surface area contributed by atoms with Gasteiger partial charge in [0.05, 0.1) is 0 Å². The van der Waals surface area contributed by atoms with Gasteiger partial charge in [-0.05, 0) is 17.5 Å². The molecule has 0 fully saturated rings. The van der Waals surface area contributed by atoms with Crippen molar-refractivity contribution >= 4 is 23.4 Å². The predicted molar refractivity (Wildman–Crippen MR) is 78.4 cm³/mol. The second kappa shape index (κ2) is 5.48. The van der Waals surface area contributed by atoms with Crippen LogP contribution in [0.2, 0.25) is 5.15 Å². The molecule has 6 heteroatoms. The molecule has 19 heavy (non-hydrogen) atoms. The maximum Gasteiger partial charge on any atom is 0.226 e. The van der Waals surface area contributed by atoms with Gasteiger partial charge >= 0.3 is 0 Å². The molecule has 0 radical (unpaired) electrons. The molecule has 0 spiro atoms. The molecule has 2 aromatic rings. The van der Waals surface area contributed by atoms with Gasteiger partial charge in [-0.25, -0.2) is 4.98 Å². The van der Waals surface area contributed by atoms with Crippen molar-refractivity contribution < 1.29 is 0 Å². The van der Waals surface area contributed by atoms with Crippen molar-refractivity contribution in [2.45, 2.75) is 20.8 Å². The van der Waals surface area contributed by atoms with Crippen molar-refractivity contribution in [3.63, 3.8) is 0 Å². The summed E-state index contributed by atoms with van der Waals surface area (Å²) < 4.78 is 1.80. The molecule has 2 rings (SSSR count). The van der Waals surface area contributed by atoms with Gasteiger partial charge in [0.25, 0.3) is 0 Å². The number of nitrogens with zero attached hydrogens (tertiary/aromatic N) is 3. The number of rotatable bonds is 4. The Labute approximate surface area is 118 Å². The molecule has 0 amide bonds. The number of anilines is 2. The highest BCUT2D eigenvalue weighted by Gasteiger charge is 2.11. The van der Waals surface area contributed by atoms with Gasteiger partial charge in [-0.2, -0.15) is 4.98 Å². The van der Waals surface area contributed by atoms with Crippen LogP contribution in [0, 0.1) is 5.41 Å². The number of aromatic nitrogens is 3. The second-order valence-corrected chi connectivity index (χ2v) is 5.90. The molecule has 0 saturated heterocycles. The lowest BCUT2D eigenvalue weighted by atomic mass is 9.97. The van der Waals surface area contributed by atoms with Crippen LogP contribution in [-0.2, 0) is 0 Å². The minimum Gasteiger partial charge on any atom is -0.354 e. The van der Waals surface area contributed by atoms with Gasteiger partial charge in [0, 0.05) is 25.0 Å². The number of nitrogens with one attached hydrogen (secondary N) is 2. The molecule has 0 unspecified atom stereocenters. The Morgan fingerprint density at radius 2 is 1.89 bits per heavy atom. The highest BCUT2D eigenvalue weighted by Crippen LogP contribution is 2.17. The van der Waals surface area contributed by atoms with Gasteiger partial charge < -0.3 is 5.32 Å². The van der Waals surface area contributed by atoms with E-state index >= 15 is 0 Å². The molecule has 2 aromatic heterocycles. The Hall–Kier alpha value is -1.75. The summed E-state index contributed by atoms with van der Waals surface area (Å²) in [5, 5.41) is 3.59. The van der Waals surface area contributed by atoms with Crippen LogP contribution in [0.3, 0.4) is 0 Å². The SMILES string of the molecule is CC(C)(C)CNc1nc(Cl)cc(Nn2cccc2)n1. The first-order valence-electron chi connectivity index (χ1n) is 6.11. The summed E-state index contributed by atoms with van der Waals surface area (Å²) >= 11 is 6.00. The molecule has 0 atom stereocenters. The molecule has 0 aliphatic carbocycles. The first kappa shape index (κ1) is 13.7. The Bertz CT molecular complexity index is 530. The Morgan fingerprint density at radius 3 is 2.53 bits per heavy atom. The van der Waals surface area contributed by atoms with E-state index in [9.17, 15) is 0 Å². The molecule has 2 heterocycles. The summed E-state index contributed by atoms with van der Waals surface area (Å²) in [6, 6.07) is 5.53. The van der Waals surface area contributed by atoms with Crippen molar-refractivity contribution in [3.05, 3.63) is 35.7 Å². The maximum atomic E-state index is 6.00. The van der Waals surface area contributed by atoms with Crippen LogP contribution in [0.25, 0.3) is 0 Å². The third-order valence-corrected chi connectivity index (χ3v) is 2.51. The lowest BCUT2D eigenvalue weighted by Gasteiger charge is -2.19. The maximum absolute atomic E-state index is 6.00. The largest absolute Gasteiger partial charge is 0.354 e. The summed E-state index contributed by atoms with van der Waals surface area (Å²) in [5.74, 6) is 1.17.